The number of methoxy groups -OCH3 is 2. The van der Waals surface area contributed by atoms with E-state index in [0.29, 0.717) is 0 Å². The van der Waals surface area contributed by atoms with Crippen molar-refractivity contribution in [3.05, 3.63) is 60.0 Å². The molecule has 4 nitrogen and oxygen atoms in total. The van der Waals surface area contributed by atoms with Gasteiger partial charge in [0, 0.05) is 52.4 Å². The average molecular weight is 565 g/mol. The first-order valence-corrected chi connectivity index (χ1v) is 13.7. The van der Waals surface area contributed by atoms with E-state index in [9.17, 15) is 25.2 Å². The molecule has 0 saturated heterocycles. The number of fused-ring (bicyclic) bond motifs is 2. The molecule has 202 valence electrons. The average Bonchev–Trinajstić information content (AvgIpc) is 2.79. The normalized spacial score (nSPS) is 13.3. The summed E-state index contributed by atoms with van der Waals surface area (Å²) in [5.74, 6) is 1.47. The predicted octanol–water partition coefficient (Wildman–Crippen LogP) is 8.17. The van der Waals surface area contributed by atoms with E-state index in [4.69, 9.17) is 9.47 Å². The zero-order valence-electron chi connectivity index (χ0n) is 21.0. The summed E-state index contributed by atoms with van der Waals surface area (Å²) in [5, 5.41) is 2.43. The fourth-order valence-electron chi connectivity index (χ4n) is 3.73. The van der Waals surface area contributed by atoms with E-state index < -0.39 is 7.81 Å². The molecule has 12 heteroatoms. The van der Waals surface area contributed by atoms with Gasteiger partial charge in [-0.25, -0.2) is 4.58 Å². The molecular weight excluding hydrogens is 537 g/mol. The first kappa shape index (κ1) is 28.5. The number of benzene rings is 3. The Morgan fingerprint density at radius 2 is 1.41 bits per heavy atom. The van der Waals surface area contributed by atoms with Crippen LogP contribution in [0.3, 0.4) is 0 Å². The van der Waals surface area contributed by atoms with Gasteiger partial charge < -0.3 is 14.4 Å². The van der Waals surface area contributed by atoms with Crippen LogP contribution in [-0.2, 0) is 0 Å². The summed E-state index contributed by atoms with van der Waals surface area (Å²) in [4.78, 5) is 3.40. The van der Waals surface area contributed by atoms with Gasteiger partial charge in [-0.05, 0) is 41.5 Å². The molecule has 0 N–H and O–H groups in total. The molecule has 0 aromatic heterocycles. The third kappa shape index (κ3) is 7.72. The van der Waals surface area contributed by atoms with E-state index in [1.807, 2.05) is 17.4 Å². The maximum atomic E-state index is 9.87. The molecule has 2 aliphatic rings. The van der Waals surface area contributed by atoms with E-state index in [1.165, 1.54) is 37.1 Å². The number of ether oxygens (including phenoxy) is 2. The Morgan fingerprint density at radius 3 is 1.95 bits per heavy atom. The van der Waals surface area contributed by atoms with Crippen molar-refractivity contribution in [3.8, 4) is 33.1 Å². The van der Waals surface area contributed by atoms with E-state index in [2.05, 4.69) is 86.2 Å². The van der Waals surface area contributed by atoms with Crippen LogP contribution in [0.1, 0.15) is 0 Å². The maximum absolute atomic E-state index is 10.7. The first-order chi connectivity index (χ1) is 16.9. The second kappa shape index (κ2) is 9.36. The van der Waals surface area contributed by atoms with Gasteiger partial charge in [0.1, 0.15) is 14.1 Å². The summed E-state index contributed by atoms with van der Waals surface area (Å²) in [5.41, 5.74) is 4.77. The number of anilines is 1. The van der Waals surface area contributed by atoms with Gasteiger partial charge in [0.2, 0.25) is 5.36 Å². The van der Waals surface area contributed by atoms with Gasteiger partial charge in [-0.3, -0.25) is 0 Å². The van der Waals surface area contributed by atoms with Gasteiger partial charge in [0.15, 0.2) is 11.5 Å². The summed E-state index contributed by atoms with van der Waals surface area (Å²) in [6.45, 7) is 0. The van der Waals surface area contributed by atoms with Gasteiger partial charge in [-0.1, -0.05) is 12.1 Å². The van der Waals surface area contributed by atoms with E-state index in [0.717, 1.165) is 17.1 Å². The molecule has 0 saturated carbocycles. The summed E-state index contributed by atoms with van der Waals surface area (Å²) >= 11 is 1.83. The summed E-state index contributed by atoms with van der Waals surface area (Å²) in [6, 6.07) is 19.5. The van der Waals surface area contributed by atoms with Crippen molar-refractivity contribution < 1.29 is 34.7 Å². The zero-order valence-corrected chi connectivity index (χ0v) is 22.7. The molecule has 0 atom stereocenters. The molecule has 0 fully saturated rings. The number of hydrogen-bond donors (Lipinski definition) is 0. The molecule has 0 amide bonds. The molecule has 37 heavy (non-hydrogen) atoms. The number of hydrogen-bond acceptors (Lipinski definition) is 4. The van der Waals surface area contributed by atoms with Crippen molar-refractivity contribution in [3.63, 3.8) is 0 Å². The van der Waals surface area contributed by atoms with Crippen molar-refractivity contribution in [2.75, 3.05) is 47.3 Å². The molecular formula is C25H27F6N2O2PS. The van der Waals surface area contributed by atoms with Gasteiger partial charge in [0.05, 0.1) is 14.2 Å². The van der Waals surface area contributed by atoms with Crippen LogP contribution in [0.5, 0.6) is 11.5 Å². The predicted molar refractivity (Wildman–Crippen MR) is 142 cm³/mol. The van der Waals surface area contributed by atoms with Gasteiger partial charge in [0.25, 0.3) is 0 Å². The second-order valence-electron chi connectivity index (χ2n) is 8.65. The van der Waals surface area contributed by atoms with Crippen LogP contribution in [0.15, 0.2) is 54.6 Å². The Balaban J connectivity index is 0.000000479. The second-order valence-corrected chi connectivity index (χ2v) is 11.7. The molecule has 1 heterocycles. The molecule has 2 aromatic rings. The van der Waals surface area contributed by atoms with Crippen molar-refractivity contribution in [1.82, 2.24) is 4.58 Å². The summed E-state index contributed by atoms with van der Waals surface area (Å²) in [7, 11) is 0.988. The van der Waals surface area contributed by atoms with Crippen LogP contribution in [0.25, 0.3) is 31.7 Å². The van der Waals surface area contributed by atoms with Gasteiger partial charge >= 0.3 is 33.0 Å². The fraction of sp³-hybridized carbons (Fsp3) is 0.240. The van der Waals surface area contributed by atoms with Crippen LogP contribution >= 0.6 is 19.1 Å². The van der Waals surface area contributed by atoms with Gasteiger partial charge in [-0.15, -0.1) is 11.3 Å². The van der Waals surface area contributed by atoms with Crippen molar-refractivity contribution >= 4 is 34.9 Å². The fourth-order valence-corrected chi connectivity index (χ4v) is 4.88. The number of halogens is 6. The van der Waals surface area contributed by atoms with Crippen molar-refractivity contribution in [1.29, 1.82) is 0 Å². The Morgan fingerprint density at radius 1 is 0.784 bits per heavy atom. The Labute approximate surface area is 214 Å². The van der Waals surface area contributed by atoms with E-state index in [-0.39, 0.29) is 0 Å². The Bertz CT molecular complexity index is 1490. The molecule has 0 unspecified atom stereocenters. The Hall–Kier alpha value is -3.04. The van der Waals surface area contributed by atoms with E-state index in [1.54, 1.807) is 14.2 Å². The van der Waals surface area contributed by atoms with E-state index >= 15 is 0 Å². The molecule has 0 bridgehead atoms. The van der Waals surface area contributed by atoms with Crippen LogP contribution < -0.4 is 24.3 Å². The monoisotopic (exact) mass is 564 g/mol. The molecule has 0 radical (unpaired) electrons. The molecule has 0 spiro atoms. The minimum atomic E-state index is -10.7. The quantitative estimate of drug-likeness (QED) is 0.108. The summed E-state index contributed by atoms with van der Waals surface area (Å²) in [6.07, 6.45) is 0. The topological polar surface area (TPSA) is 24.7 Å². The molecule has 4 rings (SSSR count). The number of rotatable bonds is 4. The van der Waals surface area contributed by atoms with Crippen molar-refractivity contribution in [2.45, 2.75) is 0 Å². The molecule has 2 aromatic carbocycles. The van der Waals surface area contributed by atoms with Crippen LogP contribution in [0, 0.1) is 0 Å². The zero-order chi connectivity index (χ0) is 27.8. The minimum absolute atomic E-state index is 0.735. The summed E-state index contributed by atoms with van der Waals surface area (Å²) < 4.78 is 73.6. The number of nitrogens with zero attached hydrogens (tertiary/aromatic N) is 2. The van der Waals surface area contributed by atoms with Crippen LogP contribution in [0.4, 0.5) is 30.9 Å². The van der Waals surface area contributed by atoms with Crippen molar-refractivity contribution in [2.24, 2.45) is 0 Å². The third-order valence-corrected chi connectivity index (χ3v) is 6.51. The first-order valence-electron chi connectivity index (χ1n) is 10.8. The SMILES string of the molecule is COc1ccc(-c2c3ccc(=[N+](C)C)cc-3sc3cc(N(C)C)ccc23)cc1OC.F[P-](F)(F)(F)(F)F. The third-order valence-electron chi connectivity index (χ3n) is 5.39. The molecule has 1 aliphatic carbocycles. The van der Waals surface area contributed by atoms with Crippen LogP contribution in [0.2, 0.25) is 0 Å². The standard InChI is InChI=1S/C25H27N2O2S.F6P/c1-26(2)17-8-10-19-23(14-17)30-24-15-18(27(3)4)9-11-20(24)25(19)16-7-12-21(28-5)22(13-16)29-6;1-7(2,3,4,5)6/h7-15H,1-6H3;/q+1;-1. The Kier molecular flexibility index (Phi) is 7.22. The molecule has 1 aliphatic heterocycles. The van der Waals surface area contributed by atoms with Gasteiger partial charge in [-0.2, -0.15) is 0 Å². The van der Waals surface area contributed by atoms with Crippen LogP contribution in [-0.4, -0.2) is 42.4 Å².